The summed E-state index contributed by atoms with van der Waals surface area (Å²) in [4.78, 5) is 27.8. The SMILES string of the molecule is Cc1nc(N)sc1C(=O)NC1(C(=O)O)CCCC1. The fraction of sp³-hybridized carbons (Fsp3) is 0.545. The molecular formula is C11H15N3O3S. The lowest BCUT2D eigenvalue weighted by Gasteiger charge is -2.24. The third-order valence-electron chi connectivity index (χ3n) is 3.24. The summed E-state index contributed by atoms with van der Waals surface area (Å²) in [6.45, 7) is 1.68. The number of nitrogens with one attached hydrogen (secondary N) is 1. The average molecular weight is 269 g/mol. The van der Waals surface area contributed by atoms with Gasteiger partial charge in [-0.2, -0.15) is 0 Å². The molecule has 2 rings (SSSR count). The maximum absolute atomic E-state index is 12.1. The molecule has 1 amide bonds. The zero-order chi connectivity index (χ0) is 13.3. The van der Waals surface area contributed by atoms with Crippen molar-refractivity contribution in [1.29, 1.82) is 0 Å². The summed E-state index contributed by atoms with van der Waals surface area (Å²) in [7, 11) is 0. The number of hydrogen-bond donors (Lipinski definition) is 3. The van der Waals surface area contributed by atoms with E-state index in [-0.39, 0.29) is 0 Å². The zero-order valence-corrected chi connectivity index (χ0v) is 10.8. The number of thiazole rings is 1. The fourth-order valence-electron chi connectivity index (χ4n) is 2.27. The third kappa shape index (κ3) is 2.17. The van der Waals surface area contributed by atoms with Gasteiger partial charge in [0, 0.05) is 0 Å². The van der Waals surface area contributed by atoms with Crippen LogP contribution in [-0.4, -0.2) is 27.5 Å². The topological polar surface area (TPSA) is 105 Å². The summed E-state index contributed by atoms with van der Waals surface area (Å²) >= 11 is 1.08. The number of nitrogens with zero attached hydrogens (tertiary/aromatic N) is 1. The monoisotopic (exact) mass is 269 g/mol. The number of hydrogen-bond acceptors (Lipinski definition) is 5. The molecule has 1 fully saturated rings. The van der Waals surface area contributed by atoms with E-state index in [1.54, 1.807) is 6.92 Å². The zero-order valence-electron chi connectivity index (χ0n) is 10.0. The first-order valence-corrected chi connectivity index (χ1v) is 6.55. The van der Waals surface area contributed by atoms with Gasteiger partial charge in [-0.25, -0.2) is 9.78 Å². The number of aryl methyl sites for hydroxylation is 1. The van der Waals surface area contributed by atoms with Crippen LogP contribution in [0.2, 0.25) is 0 Å². The van der Waals surface area contributed by atoms with E-state index < -0.39 is 17.4 Å². The van der Waals surface area contributed by atoms with E-state index in [1.807, 2.05) is 0 Å². The van der Waals surface area contributed by atoms with E-state index in [0.29, 0.717) is 28.5 Å². The molecule has 0 aromatic carbocycles. The van der Waals surface area contributed by atoms with Crippen molar-refractivity contribution < 1.29 is 14.7 Å². The molecule has 1 aromatic heterocycles. The highest BCUT2D eigenvalue weighted by Crippen LogP contribution is 2.31. The van der Waals surface area contributed by atoms with Crippen LogP contribution in [0.4, 0.5) is 5.13 Å². The summed E-state index contributed by atoms with van der Waals surface area (Å²) < 4.78 is 0. The Balaban J connectivity index is 2.20. The molecule has 0 bridgehead atoms. The Morgan fingerprint density at radius 2 is 2.06 bits per heavy atom. The summed E-state index contributed by atoms with van der Waals surface area (Å²) in [6, 6.07) is 0. The van der Waals surface area contributed by atoms with E-state index in [9.17, 15) is 14.7 Å². The van der Waals surface area contributed by atoms with Gasteiger partial charge in [-0.3, -0.25) is 4.79 Å². The van der Waals surface area contributed by atoms with E-state index in [2.05, 4.69) is 10.3 Å². The van der Waals surface area contributed by atoms with Gasteiger partial charge in [0.2, 0.25) is 0 Å². The Morgan fingerprint density at radius 3 is 2.50 bits per heavy atom. The first-order chi connectivity index (χ1) is 8.44. The molecule has 18 heavy (non-hydrogen) atoms. The van der Waals surface area contributed by atoms with E-state index in [4.69, 9.17) is 5.73 Å². The molecule has 1 saturated carbocycles. The third-order valence-corrected chi connectivity index (χ3v) is 4.22. The Labute approximate surface area is 108 Å². The molecule has 1 aromatic rings. The highest BCUT2D eigenvalue weighted by molar-refractivity contribution is 7.17. The summed E-state index contributed by atoms with van der Waals surface area (Å²) in [5.41, 5.74) is 4.94. The largest absolute Gasteiger partial charge is 0.480 e. The van der Waals surface area contributed by atoms with Crippen molar-refractivity contribution in [2.45, 2.75) is 38.1 Å². The van der Waals surface area contributed by atoms with E-state index in [0.717, 1.165) is 24.2 Å². The molecule has 7 heteroatoms. The van der Waals surface area contributed by atoms with E-state index in [1.165, 1.54) is 0 Å². The van der Waals surface area contributed by atoms with Crippen molar-refractivity contribution in [3.05, 3.63) is 10.6 Å². The number of aliphatic carboxylic acids is 1. The molecule has 0 atom stereocenters. The van der Waals surface area contributed by atoms with Gasteiger partial charge < -0.3 is 16.2 Å². The van der Waals surface area contributed by atoms with Gasteiger partial charge in [0.25, 0.3) is 5.91 Å². The van der Waals surface area contributed by atoms with Crippen molar-refractivity contribution >= 4 is 28.3 Å². The Hall–Kier alpha value is -1.63. The molecule has 1 aliphatic rings. The van der Waals surface area contributed by atoms with Crippen molar-refractivity contribution in [2.24, 2.45) is 0 Å². The number of nitrogen functional groups attached to an aromatic ring is 1. The Kier molecular flexibility index (Phi) is 3.25. The highest BCUT2D eigenvalue weighted by atomic mass is 32.1. The van der Waals surface area contributed by atoms with Crippen molar-refractivity contribution in [3.63, 3.8) is 0 Å². The lowest BCUT2D eigenvalue weighted by molar-refractivity contribution is -0.144. The van der Waals surface area contributed by atoms with Crippen molar-refractivity contribution in [1.82, 2.24) is 10.3 Å². The first-order valence-electron chi connectivity index (χ1n) is 5.73. The number of carbonyl (C=O) groups is 2. The summed E-state index contributed by atoms with van der Waals surface area (Å²) in [6.07, 6.45) is 2.58. The molecule has 98 valence electrons. The Morgan fingerprint density at radius 1 is 1.44 bits per heavy atom. The number of carboxylic acid groups (broad SMARTS) is 1. The minimum Gasteiger partial charge on any atom is -0.480 e. The highest BCUT2D eigenvalue weighted by Gasteiger charge is 2.43. The molecule has 6 nitrogen and oxygen atoms in total. The van der Waals surface area contributed by atoms with Gasteiger partial charge in [-0.1, -0.05) is 24.2 Å². The van der Waals surface area contributed by atoms with Crippen LogP contribution in [0.3, 0.4) is 0 Å². The second kappa shape index (κ2) is 4.56. The van der Waals surface area contributed by atoms with Crippen LogP contribution >= 0.6 is 11.3 Å². The molecule has 0 spiro atoms. The normalized spacial score (nSPS) is 17.6. The minimum atomic E-state index is -1.12. The van der Waals surface area contributed by atoms with Crippen LogP contribution in [0.15, 0.2) is 0 Å². The van der Waals surface area contributed by atoms with Crippen LogP contribution in [-0.2, 0) is 4.79 Å². The van der Waals surface area contributed by atoms with Crippen LogP contribution in [0.5, 0.6) is 0 Å². The predicted molar refractivity (Wildman–Crippen MR) is 67.6 cm³/mol. The molecular weight excluding hydrogens is 254 g/mol. The molecule has 0 radical (unpaired) electrons. The lowest BCUT2D eigenvalue weighted by atomic mass is 9.98. The molecule has 0 unspecified atom stereocenters. The van der Waals surface area contributed by atoms with Gasteiger partial charge in [0.15, 0.2) is 5.13 Å². The quantitative estimate of drug-likeness (QED) is 0.763. The smallest absolute Gasteiger partial charge is 0.329 e. The van der Waals surface area contributed by atoms with Gasteiger partial charge in [-0.05, 0) is 19.8 Å². The second-order valence-corrected chi connectivity index (χ2v) is 5.55. The van der Waals surface area contributed by atoms with E-state index >= 15 is 0 Å². The molecule has 4 N–H and O–H groups in total. The van der Waals surface area contributed by atoms with Gasteiger partial charge >= 0.3 is 5.97 Å². The molecule has 1 heterocycles. The minimum absolute atomic E-state index is 0.313. The average Bonchev–Trinajstić information content (AvgIpc) is 2.86. The van der Waals surface area contributed by atoms with Crippen molar-refractivity contribution in [3.8, 4) is 0 Å². The number of carbonyl (C=O) groups excluding carboxylic acids is 1. The number of nitrogens with two attached hydrogens (primary N) is 1. The van der Waals surface area contributed by atoms with Gasteiger partial charge in [-0.15, -0.1) is 0 Å². The van der Waals surface area contributed by atoms with Crippen molar-refractivity contribution in [2.75, 3.05) is 5.73 Å². The predicted octanol–water partition coefficient (Wildman–Crippen LogP) is 1.16. The standard InChI is InChI=1S/C11H15N3O3S/c1-6-7(18-10(12)13-6)8(15)14-11(9(16)17)4-2-3-5-11/h2-5H2,1H3,(H2,12,13)(H,14,15)(H,16,17). The summed E-state index contributed by atoms with van der Waals surface area (Å²) in [5.74, 6) is -1.37. The lowest BCUT2D eigenvalue weighted by Crippen LogP contribution is -2.52. The van der Waals surface area contributed by atoms with Gasteiger partial charge in [0.1, 0.15) is 10.4 Å². The van der Waals surface area contributed by atoms with Crippen LogP contribution in [0.1, 0.15) is 41.0 Å². The van der Waals surface area contributed by atoms with Gasteiger partial charge in [0.05, 0.1) is 5.69 Å². The molecule has 1 aliphatic carbocycles. The second-order valence-electron chi connectivity index (χ2n) is 4.52. The van der Waals surface area contributed by atoms with Crippen LogP contribution in [0.25, 0.3) is 0 Å². The molecule has 0 saturated heterocycles. The fourth-order valence-corrected chi connectivity index (χ4v) is 3.00. The first kappa shape index (κ1) is 12.8. The number of amides is 1. The molecule has 0 aliphatic heterocycles. The summed E-state index contributed by atoms with van der Waals surface area (Å²) in [5, 5.41) is 12.2. The Bertz CT molecular complexity index is 492. The number of carboxylic acids is 1. The maximum Gasteiger partial charge on any atom is 0.329 e. The number of aromatic nitrogens is 1. The number of rotatable bonds is 3. The van der Waals surface area contributed by atoms with Crippen LogP contribution < -0.4 is 11.1 Å². The number of anilines is 1. The van der Waals surface area contributed by atoms with Crippen LogP contribution in [0, 0.1) is 6.92 Å². The maximum atomic E-state index is 12.1.